The van der Waals surface area contributed by atoms with Gasteiger partial charge in [0.15, 0.2) is 0 Å². The number of hydrogen-bond acceptors (Lipinski definition) is 4. The summed E-state index contributed by atoms with van der Waals surface area (Å²) in [6.07, 6.45) is 5.28. The highest BCUT2D eigenvalue weighted by Gasteiger charge is 2.26. The van der Waals surface area contributed by atoms with Gasteiger partial charge >= 0.3 is 0 Å². The summed E-state index contributed by atoms with van der Waals surface area (Å²) in [7, 11) is 0. The number of nitrogens with zero attached hydrogens (tertiary/aromatic N) is 2. The van der Waals surface area contributed by atoms with Crippen molar-refractivity contribution in [3.05, 3.63) is 18.1 Å². The lowest BCUT2D eigenvalue weighted by molar-refractivity contribution is 0.860. The van der Waals surface area contributed by atoms with E-state index in [0.29, 0.717) is 12.5 Å². The fourth-order valence-electron chi connectivity index (χ4n) is 1.33. The predicted molar refractivity (Wildman–Crippen MR) is 56.2 cm³/mol. The van der Waals surface area contributed by atoms with E-state index in [1.807, 2.05) is 12.3 Å². The Bertz CT molecular complexity index is 296. The van der Waals surface area contributed by atoms with Crippen LogP contribution in [0.3, 0.4) is 0 Å². The van der Waals surface area contributed by atoms with Gasteiger partial charge < -0.3 is 11.1 Å². The van der Waals surface area contributed by atoms with E-state index in [1.54, 1.807) is 0 Å². The Hall–Kier alpha value is -1.16. The second-order valence-corrected chi connectivity index (χ2v) is 3.64. The maximum absolute atomic E-state index is 5.41. The van der Waals surface area contributed by atoms with Gasteiger partial charge in [-0.25, -0.2) is 9.97 Å². The van der Waals surface area contributed by atoms with Gasteiger partial charge in [0.25, 0.3) is 0 Å². The van der Waals surface area contributed by atoms with Gasteiger partial charge in [-0.15, -0.1) is 0 Å². The van der Waals surface area contributed by atoms with Crippen molar-refractivity contribution in [3.8, 4) is 0 Å². The first-order chi connectivity index (χ1) is 6.90. The zero-order chi connectivity index (χ0) is 9.80. The fourth-order valence-corrected chi connectivity index (χ4v) is 1.33. The SMILES string of the molecule is NCCCNc1ccnc(C2CC2)n1. The summed E-state index contributed by atoms with van der Waals surface area (Å²) in [6, 6.07) is 1.91. The summed E-state index contributed by atoms with van der Waals surface area (Å²) in [6.45, 7) is 1.60. The molecule has 1 heterocycles. The van der Waals surface area contributed by atoms with Crippen molar-refractivity contribution in [3.63, 3.8) is 0 Å². The Morgan fingerprint density at radius 2 is 2.36 bits per heavy atom. The van der Waals surface area contributed by atoms with Crippen molar-refractivity contribution in [1.82, 2.24) is 9.97 Å². The van der Waals surface area contributed by atoms with Crippen molar-refractivity contribution in [2.24, 2.45) is 5.73 Å². The van der Waals surface area contributed by atoms with Crippen LogP contribution in [0, 0.1) is 0 Å². The molecule has 4 nitrogen and oxygen atoms in total. The second-order valence-electron chi connectivity index (χ2n) is 3.64. The van der Waals surface area contributed by atoms with E-state index in [9.17, 15) is 0 Å². The van der Waals surface area contributed by atoms with Gasteiger partial charge in [0.2, 0.25) is 0 Å². The first kappa shape index (κ1) is 9.40. The molecule has 0 amide bonds. The van der Waals surface area contributed by atoms with Crippen molar-refractivity contribution in [1.29, 1.82) is 0 Å². The highest BCUT2D eigenvalue weighted by atomic mass is 15.0. The van der Waals surface area contributed by atoms with Crippen LogP contribution in [0.2, 0.25) is 0 Å². The molecule has 1 fully saturated rings. The quantitative estimate of drug-likeness (QED) is 0.686. The minimum Gasteiger partial charge on any atom is -0.370 e. The second kappa shape index (κ2) is 4.37. The van der Waals surface area contributed by atoms with Crippen LogP contribution < -0.4 is 11.1 Å². The van der Waals surface area contributed by atoms with Crippen LogP contribution in [-0.2, 0) is 0 Å². The van der Waals surface area contributed by atoms with Gasteiger partial charge in [-0.05, 0) is 31.9 Å². The normalized spacial score (nSPS) is 15.5. The van der Waals surface area contributed by atoms with E-state index in [2.05, 4.69) is 15.3 Å². The van der Waals surface area contributed by atoms with E-state index < -0.39 is 0 Å². The minimum atomic E-state index is 0.617. The number of rotatable bonds is 5. The Morgan fingerprint density at radius 3 is 3.07 bits per heavy atom. The first-order valence-electron chi connectivity index (χ1n) is 5.17. The Labute approximate surface area is 83.9 Å². The van der Waals surface area contributed by atoms with Gasteiger partial charge in [-0.2, -0.15) is 0 Å². The third kappa shape index (κ3) is 2.42. The largest absolute Gasteiger partial charge is 0.370 e. The van der Waals surface area contributed by atoms with Gasteiger partial charge in [-0.1, -0.05) is 0 Å². The van der Waals surface area contributed by atoms with Crippen LogP contribution >= 0.6 is 0 Å². The molecule has 0 aromatic carbocycles. The van der Waals surface area contributed by atoms with Crippen LogP contribution in [0.15, 0.2) is 12.3 Å². The Kier molecular flexibility index (Phi) is 2.93. The molecule has 3 N–H and O–H groups in total. The lowest BCUT2D eigenvalue weighted by Gasteiger charge is -2.05. The van der Waals surface area contributed by atoms with Gasteiger partial charge in [0, 0.05) is 18.7 Å². The van der Waals surface area contributed by atoms with Crippen LogP contribution in [0.4, 0.5) is 5.82 Å². The average Bonchev–Trinajstić information content (AvgIpc) is 3.02. The van der Waals surface area contributed by atoms with E-state index in [0.717, 1.165) is 24.6 Å². The van der Waals surface area contributed by atoms with E-state index in [-0.39, 0.29) is 0 Å². The molecule has 0 radical (unpaired) electrons. The van der Waals surface area contributed by atoms with Crippen LogP contribution in [-0.4, -0.2) is 23.1 Å². The van der Waals surface area contributed by atoms with Crippen molar-refractivity contribution in [2.75, 3.05) is 18.4 Å². The molecule has 4 heteroatoms. The number of anilines is 1. The number of nitrogens with two attached hydrogens (primary N) is 1. The summed E-state index contributed by atoms with van der Waals surface area (Å²) < 4.78 is 0. The molecule has 1 aliphatic carbocycles. The molecular weight excluding hydrogens is 176 g/mol. The molecule has 76 valence electrons. The van der Waals surface area contributed by atoms with Crippen LogP contribution in [0.5, 0.6) is 0 Å². The Balaban J connectivity index is 1.92. The number of aromatic nitrogens is 2. The maximum atomic E-state index is 5.41. The highest BCUT2D eigenvalue weighted by Crippen LogP contribution is 2.37. The van der Waals surface area contributed by atoms with Gasteiger partial charge in [-0.3, -0.25) is 0 Å². The van der Waals surface area contributed by atoms with Crippen LogP contribution in [0.1, 0.15) is 31.0 Å². The van der Waals surface area contributed by atoms with E-state index in [1.165, 1.54) is 12.8 Å². The first-order valence-corrected chi connectivity index (χ1v) is 5.17. The fraction of sp³-hybridized carbons (Fsp3) is 0.600. The average molecular weight is 192 g/mol. The summed E-state index contributed by atoms with van der Waals surface area (Å²) in [5.74, 6) is 2.53. The molecule has 0 saturated heterocycles. The zero-order valence-corrected chi connectivity index (χ0v) is 8.24. The number of nitrogens with one attached hydrogen (secondary N) is 1. The maximum Gasteiger partial charge on any atom is 0.133 e. The standard InChI is InChI=1S/C10H16N4/c11-5-1-6-12-9-4-7-13-10(14-9)8-2-3-8/h4,7-8H,1-3,5-6,11H2,(H,12,13,14). The molecule has 0 unspecified atom stereocenters. The molecule has 0 aliphatic heterocycles. The molecular formula is C10H16N4. The zero-order valence-electron chi connectivity index (χ0n) is 8.24. The van der Waals surface area contributed by atoms with Gasteiger partial charge in [0.1, 0.15) is 11.6 Å². The smallest absolute Gasteiger partial charge is 0.133 e. The van der Waals surface area contributed by atoms with Crippen molar-refractivity contribution < 1.29 is 0 Å². The molecule has 1 aliphatic rings. The predicted octanol–water partition coefficient (Wildman–Crippen LogP) is 1.11. The molecule has 0 atom stereocenters. The summed E-state index contributed by atoms with van der Waals surface area (Å²) in [4.78, 5) is 8.70. The molecule has 1 aromatic rings. The van der Waals surface area contributed by atoms with E-state index >= 15 is 0 Å². The molecule has 2 rings (SSSR count). The highest BCUT2D eigenvalue weighted by molar-refractivity contribution is 5.33. The van der Waals surface area contributed by atoms with Crippen molar-refractivity contribution >= 4 is 5.82 Å². The molecule has 14 heavy (non-hydrogen) atoms. The topological polar surface area (TPSA) is 63.8 Å². The molecule has 0 bridgehead atoms. The van der Waals surface area contributed by atoms with E-state index in [4.69, 9.17) is 5.73 Å². The summed E-state index contributed by atoms with van der Waals surface area (Å²) in [5, 5.41) is 3.24. The molecule has 1 saturated carbocycles. The Morgan fingerprint density at radius 1 is 1.50 bits per heavy atom. The third-order valence-corrected chi connectivity index (χ3v) is 2.30. The lowest BCUT2D eigenvalue weighted by Crippen LogP contribution is -2.10. The lowest BCUT2D eigenvalue weighted by atomic mass is 10.4. The molecule has 0 spiro atoms. The summed E-state index contributed by atoms with van der Waals surface area (Å²) in [5.41, 5.74) is 5.41. The van der Waals surface area contributed by atoms with Gasteiger partial charge in [0.05, 0.1) is 0 Å². The molecule has 1 aromatic heterocycles. The minimum absolute atomic E-state index is 0.617. The number of hydrogen-bond donors (Lipinski definition) is 2. The summed E-state index contributed by atoms with van der Waals surface area (Å²) >= 11 is 0. The van der Waals surface area contributed by atoms with Crippen LogP contribution in [0.25, 0.3) is 0 Å². The monoisotopic (exact) mass is 192 g/mol. The third-order valence-electron chi connectivity index (χ3n) is 2.30. The van der Waals surface area contributed by atoms with Crippen molar-refractivity contribution in [2.45, 2.75) is 25.2 Å².